The van der Waals surface area contributed by atoms with Gasteiger partial charge in [0.25, 0.3) is 11.8 Å². The molecule has 41 heavy (non-hydrogen) atoms. The molecule has 4 rings (SSSR count). The van der Waals surface area contributed by atoms with Crippen LogP contribution in [0.5, 0.6) is 0 Å². The van der Waals surface area contributed by atoms with Gasteiger partial charge in [-0.1, -0.05) is 37.2 Å². The van der Waals surface area contributed by atoms with Gasteiger partial charge in [0, 0.05) is 12.2 Å². The topological polar surface area (TPSA) is 140 Å². The molecule has 0 unspecified atom stereocenters. The Kier molecular flexibility index (Phi) is 10.0. The van der Waals surface area contributed by atoms with Crippen molar-refractivity contribution in [2.45, 2.75) is 26.0 Å². The number of rotatable bonds is 9. The number of imide groups is 1. The van der Waals surface area contributed by atoms with Crippen molar-refractivity contribution in [2.75, 3.05) is 48.4 Å². The second kappa shape index (κ2) is 13.3. The normalized spacial score (nSPS) is 18.0. The number of morpholine rings is 1. The van der Waals surface area contributed by atoms with E-state index < -0.39 is 41.0 Å². The van der Waals surface area contributed by atoms with Crippen molar-refractivity contribution < 1.29 is 37.8 Å². The van der Waals surface area contributed by atoms with Crippen LogP contribution in [0.15, 0.2) is 30.3 Å². The zero-order valence-corrected chi connectivity index (χ0v) is 24.6. The first kappa shape index (κ1) is 30.9. The lowest BCUT2D eigenvalue weighted by molar-refractivity contribution is -0.127. The average molecular weight is 627 g/mol. The van der Waals surface area contributed by atoms with Gasteiger partial charge in [0.05, 0.1) is 46.4 Å². The molecule has 0 spiro atoms. The Bertz CT molecular complexity index is 1360. The van der Waals surface area contributed by atoms with E-state index in [-0.39, 0.29) is 54.4 Å². The van der Waals surface area contributed by atoms with Crippen molar-refractivity contribution in [3.8, 4) is 0 Å². The van der Waals surface area contributed by atoms with Crippen molar-refractivity contribution in [1.82, 2.24) is 4.90 Å². The molecule has 1 aromatic heterocycles. The number of ether oxygens (including phenoxy) is 2. The average Bonchev–Trinajstić information content (AvgIpc) is 3.54. The minimum absolute atomic E-state index is 0.0833. The van der Waals surface area contributed by atoms with Crippen LogP contribution in [0.3, 0.4) is 0 Å². The lowest BCUT2D eigenvalue weighted by atomic mass is 10.1. The number of benzene rings is 1. The smallest absolute Gasteiger partial charge is 0.414 e. The maximum absolute atomic E-state index is 15.1. The number of hydrogen-bond donors (Lipinski definition) is 1. The van der Waals surface area contributed by atoms with Crippen LogP contribution in [-0.2, 0) is 23.9 Å². The summed E-state index contributed by atoms with van der Waals surface area (Å²) < 4.78 is 26.0. The third-order valence-electron chi connectivity index (χ3n) is 6.44. The quantitative estimate of drug-likeness (QED) is 0.445. The summed E-state index contributed by atoms with van der Waals surface area (Å²) in [7, 11) is 0. The van der Waals surface area contributed by atoms with Gasteiger partial charge in [0.1, 0.15) is 18.5 Å². The Morgan fingerprint density at radius 3 is 2.61 bits per heavy atom. The summed E-state index contributed by atoms with van der Waals surface area (Å²) in [5, 5.41) is -0.393. The van der Waals surface area contributed by atoms with Gasteiger partial charge < -0.3 is 20.1 Å². The van der Waals surface area contributed by atoms with E-state index in [4.69, 9.17) is 26.8 Å². The molecule has 2 fully saturated rings. The van der Waals surface area contributed by atoms with E-state index in [2.05, 4.69) is 0 Å². The first-order valence-electron chi connectivity index (χ1n) is 12.6. The minimum Gasteiger partial charge on any atom is -0.442 e. The SMILES string of the molecule is CC(C)[C@H](N)C(=O)SCC(=O)N(C[C@H]1CN(c2ccc(N3CCOCC3=O)cc2F)C(=O)O1)C(=O)c1ccc(Cl)s1. The van der Waals surface area contributed by atoms with E-state index in [0.717, 1.165) is 27.2 Å². The molecule has 0 radical (unpaired) electrons. The lowest BCUT2D eigenvalue weighted by Gasteiger charge is -2.27. The molecular weight excluding hydrogens is 599 g/mol. The van der Waals surface area contributed by atoms with Gasteiger partial charge in [-0.25, -0.2) is 9.18 Å². The highest BCUT2D eigenvalue weighted by atomic mass is 35.5. The molecule has 0 bridgehead atoms. The molecule has 2 aliphatic heterocycles. The number of hydrogen-bond acceptors (Lipinski definition) is 10. The first-order chi connectivity index (χ1) is 19.5. The second-order valence-corrected chi connectivity index (χ2v) is 12.3. The maximum atomic E-state index is 15.1. The van der Waals surface area contributed by atoms with Crippen LogP contribution >= 0.6 is 34.7 Å². The highest BCUT2D eigenvalue weighted by molar-refractivity contribution is 8.14. The summed E-state index contributed by atoms with van der Waals surface area (Å²) in [6, 6.07) is 6.22. The number of cyclic esters (lactones) is 1. The Morgan fingerprint density at radius 1 is 1.22 bits per heavy atom. The van der Waals surface area contributed by atoms with E-state index in [1.54, 1.807) is 13.8 Å². The van der Waals surface area contributed by atoms with Gasteiger partial charge in [-0.05, 0) is 36.2 Å². The zero-order valence-electron chi connectivity index (χ0n) is 22.2. The van der Waals surface area contributed by atoms with Crippen LogP contribution in [-0.4, -0.2) is 84.6 Å². The molecule has 4 amide bonds. The molecule has 2 saturated heterocycles. The van der Waals surface area contributed by atoms with Gasteiger partial charge in [-0.2, -0.15) is 0 Å². The van der Waals surface area contributed by atoms with Gasteiger partial charge in [-0.3, -0.25) is 29.0 Å². The van der Waals surface area contributed by atoms with Crippen LogP contribution in [0, 0.1) is 11.7 Å². The number of carbonyl (C=O) groups is 5. The Morgan fingerprint density at radius 2 is 1.98 bits per heavy atom. The van der Waals surface area contributed by atoms with E-state index in [0.29, 0.717) is 28.4 Å². The minimum atomic E-state index is -0.982. The molecule has 0 saturated carbocycles. The number of carbonyl (C=O) groups excluding carboxylic acids is 5. The molecule has 15 heteroatoms. The molecule has 220 valence electrons. The molecule has 2 aromatic rings. The molecular formula is C26H28ClFN4O7S2. The fourth-order valence-corrected chi connectivity index (χ4v) is 6.01. The van der Waals surface area contributed by atoms with Crippen molar-refractivity contribution in [1.29, 1.82) is 0 Å². The molecule has 11 nitrogen and oxygen atoms in total. The van der Waals surface area contributed by atoms with Gasteiger partial charge in [-0.15, -0.1) is 11.3 Å². The fourth-order valence-electron chi connectivity index (χ4n) is 4.13. The van der Waals surface area contributed by atoms with Crippen LogP contribution in [0.2, 0.25) is 4.34 Å². The van der Waals surface area contributed by atoms with Crippen LogP contribution < -0.4 is 15.5 Å². The monoisotopic (exact) mass is 626 g/mol. The standard InChI is InChI=1S/C26H28ClFN4O7S2/c1-14(2)23(29)25(36)40-13-22(34)32(24(35)19-5-6-20(27)41-19)11-16-10-31(26(37)39-16)18-4-3-15(9-17(18)28)30-7-8-38-12-21(30)33/h3-6,9,14,16,23H,7-8,10-13,29H2,1-2H3/t16-,23+/m1/s1. The summed E-state index contributed by atoms with van der Waals surface area (Å²) in [6.45, 7) is 3.55. The van der Waals surface area contributed by atoms with Crippen LogP contribution in [0.25, 0.3) is 0 Å². The fraction of sp³-hybridized carbons (Fsp3) is 0.423. The molecule has 2 N–H and O–H groups in total. The van der Waals surface area contributed by atoms with E-state index >= 15 is 4.39 Å². The highest BCUT2D eigenvalue weighted by Gasteiger charge is 2.38. The summed E-state index contributed by atoms with van der Waals surface area (Å²) in [5.74, 6) is -2.92. The first-order valence-corrected chi connectivity index (χ1v) is 14.8. The number of halogens is 2. The maximum Gasteiger partial charge on any atom is 0.414 e. The van der Waals surface area contributed by atoms with Gasteiger partial charge in [0.2, 0.25) is 11.0 Å². The summed E-state index contributed by atoms with van der Waals surface area (Å²) in [5.41, 5.74) is 6.11. The molecule has 0 aliphatic carbocycles. The Labute approximate surface area is 248 Å². The number of amides is 4. The second-order valence-electron chi connectivity index (χ2n) is 9.64. The van der Waals surface area contributed by atoms with Crippen molar-refractivity contribution in [2.24, 2.45) is 11.7 Å². The van der Waals surface area contributed by atoms with Crippen LogP contribution in [0.1, 0.15) is 23.5 Å². The van der Waals surface area contributed by atoms with Gasteiger partial charge >= 0.3 is 6.09 Å². The zero-order chi connectivity index (χ0) is 29.8. The number of anilines is 2. The van der Waals surface area contributed by atoms with Crippen LogP contribution in [0.4, 0.5) is 20.6 Å². The number of nitrogens with two attached hydrogens (primary N) is 1. The predicted molar refractivity (Wildman–Crippen MR) is 153 cm³/mol. The number of thioether (sulfide) groups is 1. The van der Waals surface area contributed by atoms with Crippen molar-refractivity contribution in [3.05, 3.63) is 45.4 Å². The van der Waals surface area contributed by atoms with Gasteiger partial charge in [0.15, 0.2) is 0 Å². The van der Waals surface area contributed by atoms with Crippen molar-refractivity contribution >= 4 is 75.0 Å². The summed E-state index contributed by atoms with van der Waals surface area (Å²) >= 11 is 7.65. The summed E-state index contributed by atoms with van der Waals surface area (Å²) in [4.78, 5) is 67.1. The molecule has 3 heterocycles. The number of nitrogens with zero attached hydrogens (tertiary/aromatic N) is 3. The number of thiophene rings is 1. The lowest BCUT2D eigenvalue weighted by Crippen LogP contribution is -2.44. The third kappa shape index (κ3) is 7.25. The Hall–Kier alpha value is -3.04. The van der Waals surface area contributed by atoms with Crippen molar-refractivity contribution in [3.63, 3.8) is 0 Å². The van der Waals surface area contributed by atoms with E-state index in [1.807, 2.05) is 0 Å². The van der Waals surface area contributed by atoms with E-state index in [1.165, 1.54) is 29.2 Å². The molecule has 2 aliphatic rings. The molecule has 2 atom stereocenters. The summed E-state index contributed by atoms with van der Waals surface area (Å²) in [6.07, 6.45) is -1.85. The highest BCUT2D eigenvalue weighted by Crippen LogP contribution is 2.30. The predicted octanol–water partition coefficient (Wildman–Crippen LogP) is 3.14. The molecule has 1 aromatic carbocycles. The largest absolute Gasteiger partial charge is 0.442 e. The third-order valence-corrected chi connectivity index (χ3v) is 8.61. The van der Waals surface area contributed by atoms with E-state index in [9.17, 15) is 24.0 Å². The Balaban J connectivity index is 1.48.